The van der Waals surface area contributed by atoms with Crippen LogP contribution in [0, 0.1) is 0 Å². The summed E-state index contributed by atoms with van der Waals surface area (Å²) in [4.78, 5) is 14.7. The highest BCUT2D eigenvalue weighted by molar-refractivity contribution is 9.10. The van der Waals surface area contributed by atoms with Gasteiger partial charge in [-0.05, 0) is 30.2 Å². The quantitative estimate of drug-likeness (QED) is 0.894. The highest BCUT2D eigenvalue weighted by Crippen LogP contribution is 2.29. The van der Waals surface area contributed by atoms with E-state index < -0.39 is 0 Å². The predicted molar refractivity (Wildman–Crippen MR) is 95.0 cm³/mol. The molecule has 5 heteroatoms. The number of rotatable bonds is 4. The second kappa shape index (κ2) is 7.15. The van der Waals surface area contributed by atoms with Gasteiger partial charge in [0.05, 0.1) is 18.8 Å². The van der Waals surface area contributed by atoms with Crippen molar-refractivity contribution in [1.29, 1.82) is 0 Å². The molecule has 23 heavy (non-hydrogen) atoms. The fourth-order valence-corrected chi connectivity index (χ4v) is 3.32. The third kappa shape index (κ3) is 3.41. The van der Waals surface area contributed by atoms with Gasteiger partial charge in [0.1, 0.15) is 5.75 Å². The van der Waals surface area contributed by atoms with Gasteiger partial charge < -0.3 is 15.0 Å². The van der Waals surface area contributed by atoms with Gasteiger partial charge in [-0.3, -0.25) is 4.79 Å². The molecule has 0 bridgehead atoms. The van der Waals surface area contributed by atoms with Crippen molar-refractivity contribution in [3.05, 3.63) is 58.6 Å². The van der Waals surface area contributed by atoms with Crippen molar-refractivity contribution in [1.82, 2.24) is 5.32 Å². The molecular formula is C18H19BrN2O2. The number of nitrogens with zero attached hydrogens (tertiary/aromatic N) is 1. The van der Waals surface area contributed by atoms with Gasteiger partial charge in [-0.1, -0.05) is 46.3 Å². The maximum absolute atomic E-state index is 12.9. The van der Waals surface area contributed by atoms with Crippen molar-refractivity contribution in [3.63, 3.8) is 0 Å². The van der Waals surface area contributed by atoms with Crippen LogP contribution in [0.1, 0.15) is 5.56 Å². The van der Waals surface area contributed by atoms with Crippen molar-refractivity contribution in [2.24, 2.45) is 0 Å². The molecular weight excluding hydrogens is 356 g/mol. The molecule has 1 N–H and O–H groups in total. The standard InChI is InChI=1S/C18H19BrN2O2/c1-23-17-9-5-4-8-16(17)21-11-10-20-15(18(21)22)12-13-6-2-3-7-14(13)19/h2-9,15,20H,10-12H2,1H3/t15-/m1/s1. The minimum absolute atomic E-state index is 0.0801. The number of carbonyl (C=O) groups excluding carboxylic acids is 1. The van der Waals surface area contributed by atoms with Gasteiger partial charge in [0.25, 0.3) is 0 Å². The highest BCUT2D eigenvalue weighted by Gasteiger charge is 2.31. The van der Waals surface area contributed by atoms with Crippen LogP contribution in [0.25, 0.3) is 0 Å². The number of methoxy groups -OCH3 is 1. The molecule has 4 nitrogen and oxygen atoms in total. The number of ether oxygens (including phenoxy) is 1. The second-order valence-corrected chi connectivity index (χ2v) is 6.32. The maximum Gasteiger partial charge on any atom is 0.244 e. The van der Waals surface area contributed by atoms with Crippen LogP contribution in [-0.2, 0) is 11.2 Å². The lowest BCUT2D eigenvalue weighted by atomic mass is 10.0. The summed E-state index contributed by atoms with van der Waals surface area (Å²) in [7, 11) is 1.63. The van der Waals surface area contributed by atoms with E-state index in [0.717, 1.165) is 28.0 Å². The number of anilines is 1. The van der Waals surface area contributed by atoms with Gasteiger partial charge in [0.15, 0.2) is 0 Å². The molecule has 3 rings (SSSR count). The normalized spacial score (nSPS) is 18.1. The topological polar surface area (TPSA) is 41.6 Å². The van der Waals surface area contributed by atoms with Crippen LogP contribution >= 0.6 is 15.9 Å². The zero-order chi connectivity index (χ0) is 16.2. The first-order valence-electron chi connectivity index (χ1n) is 7.62. The van der Waals surface area contributed by atoms with E-state index in [1.807, 2.05) is 53.4 Å². The molecule has 1 atom stereocenters. The largest absolute Gasteiger partial charge is 0.495 e. The highest BCUT2D eigenvalue weighted by atomic mass is 79.9. The molecule has 0 aliphatic carbocycles. The minimum atomic E-state index is -0.229. The molecule has 120 valence electrons. The van der Waals surface area contributed by atoms with E-state index in [-0.39, 0.29) is 11.9 Å². The zero-order valence-electron chi connectivity index (χ0n) is 13.0. The molecule has 1 amide bonds. The van der Waals surface area contributed by atoms with Gasteiger partial charge >= 0.3 is 0 Å². The summed E-state index contributed by atoms with van der Waals surface area (Å²) in [6, 6.07) is 15.4. The van der Waals surface area contributed by atoms with Crippen molar-refractivity contribution in [2.75, 3.05) is 25.1 Å². The molecule has 0 saturated carbocycles. The molecule has 2 aromatic carbocycles. The number of benzene rings is 2. The van der Waals surface area contributed by atoms with Crippen LogP contribution in [0.4, 0.5) is 5.69 Å². The lowest BCUT2D eigenvalue weighted by molar-refractivity contribution is -0.121. The predicted octanol–water partition coefficient (Wildman–Crippen LogP) is 3.01. The zero-order valence-corrected chi connectivity index (χ0v) is 14.5. The number of para-hydroxylation sites is 2. The molecule has 2 aromatic rings. The summed E-state index contributed by atoms with van der Waals surface area (Å²) in [5.74, 6) is 0.805. The molecule has 0 radical (unpaired) electrons. The van der Waals surface area contributed by atoms with E-state index in [9.17, 15) is 4.79 Å². The van der Waals surface area contributed by atoms with Crippen molar-refractivity contribution < 1.29 is 9.53 Å². The number of hydrogen-bond donors (Lipinski definition) is 1. The lowest BCUT2D eigenvalue weighted by Gasteiger charge is -2.34. The van der Waals surface area contributed by atoms with Gasteiger partial charge in [0, 0.05) is 17.6 Å². The SMILES string of the molecule is COc1ccccc1N1CCN[C@H](Cc2ccccc2Br)C1=O. The molecule has 1 heterocycles. The van der Waals surface area contributed by atoms with Crippen LogP contribution in [0.3, 0.4) is 0 Å². The van der Waals surface area contributed by atoms with Crippen LogP contribution < -0.4 is 15.0 Å². The Balaban J connectivity index is 1.83. The molecule has 0 spiro atoms. The van der Waals surface area contributed by atoms with Gasteiger partial charge in [0.2, 0.25) is 5.91 Å². The number of piperazine rings is 1. The fourth-order valence-electron chi connectivity index (χ4n) is 2.87. The Morgan fingerprint density at radius 2 is 1.96 bits per heavy atom. The Morgan fingerprint density at radius 1 is 1.22 bits per heavy atom. The summed E-state index contributed by atoms with van der Waals surface area (Å²) < 4.78 is 6.43. The Bertz CT molecular complexity index is 705. The Hall–Kier alpha value is -1.85. The van der Waals surface area contributed by atoms with Crippen molar-refractivity contribution in [2.45, 2.75) is 12.5 Å². The third-order valence-corrected chi connectivity index (χ3v) is 4.82. The van der Waals surface area contributed by atoms with E-state index in [2.05, 4.69) is 21.2 Å². The van der Waals surface area contributed by atoms with Gasteiger partial charge in [-0.25, -0.2) is 0 Å². The monoisotopic (exact) mass is 374 g/mol. The molecule has 1 aliphatic rings. The summed E-state index contributed by atoms with van der Waals surface area (Å²) in [6.45, 7) is 1.41. The molecule has 1 fully saturated rings. The van der Waals surface area contributed by atoms with E-state index in [4.69, 9.17) is 4.74 Å². The number of nitrogens with one attached hydrogen (secondary N) is 1. The number of halogens is 1. The molecule has 1 saturated heterocycles. The van der Waals surface area contributed by atoms with E-state index >= 15 is 0 Å². The number of hydrogen-bond acceptors (Lipinski definition) is 3. The van der Waals surface area contributed by atoms with Crippen LogP contribution in [-0.4, -0.2) is 32.1 Å². The molecule has 0 unspecified atom stereocenters. The minimum Gasteiger partial charge on any atom is -0.495 e. The average molecular weight is 375 g/mol. The van der Waals surface area contributed by atoms with Crippen molar-refractivity contribution in [3.8, 4) is 5.75 Å². The fraction of sp³-hybridized carbons (Fsp3) is 0.278. The Kier molecular flexibility index (Phi) is 4.98. The Labute approximate surface area is 144 Å². The lowest BCUT2D eigenvalue weighted by Crippen LogP contribution is -2.56. The first-order chi connectivity index (χ1) is 11.2. The number of amides is 1. The van der Waals surface area contributed by atoms with Gasteiger partial charge in [-0.15, -0.1) is 0 Å². The van der Waals surface area contributed by atoms with Crippen LogP contribution in [0.5, 0.6) is 5.75 Å². The summed E-state index contributed by atoms with van der Waals surface area (Å²) in [5, 5.41) is 3.33. The summed E-state index contributed by atoms with van der Waals surface area (Å²) in [5.41, 5.74) is 1.96. The maximum atomic E-state index is 12.9. The van der Waals surface area contributed by atoms with E-state index in [1.54, 1.807) is 7.11 Å². The first kappa shape index (κ1) is 16.0. The Morgan fingerprint density at radius 3 is 2.74 bits per heavy atom. The van der Waals surface area contributed by atoms with Crippen molar-refractivity contribution >= 4 is 27.5 Å². The third-order valence-electron chi connectivity index (χ3n) is 4.05. The smallest absolute Gasteiger partial charge is 0.244 e. The summed E-state index contributed by atoms with van der Waals surface area (Å²) in [6.07, 6.45) is 0.659. The van der Waals surface area contributed by atoms with Crippen LogP contribution in [0.15, 0.2) is 53.0 Å². The van der Waals surface area contributed by atoms with E-state index in [0.29, 0.717) is 13.0 Å². The van der Waals surface area contributed by atoms with E-state index in [1.165, 1.54) is 0 Å². The second-order valence-electron chi connectivity index (χ2n) is 5.46. The first-order valence-corrected chi connectivity index (χ1v) is 8.41. The number of carbonyl (C=O) groups is 1. The molecule has 1 aliphatic heterocycles. The molecule has 0 aromatic heterocycles. The van der Waals surface area contributed by atoms with Gasteiger partial charge in [-0.2, -0.15) is 0 Å². The summed E-state index contributed by atoms with van der Waals surface area (Å²) >= 11 is 3.55. The average Bonchev–Trinajstić information content (AvgIpc) is 2.58. The van der Waals surface area contributed by atoms with Crippen LogP contribution in [0.2, 0.25) is 0 Å².